The monoisotopic (exact) mass is 363 g/mol. The van der Waals surface area contributed by atoms with Gasteiger partial charge in [0, 0.05) is 25.4 Å². The van der Waals surface area contributed by atoms with Gasteiger partial charge in [-0.2, -0.15) is 0 Å². The summed E-state index contributed by atoms with van der Waals surface area (Å²) < 4.78 is 28.8. The van der Waals surface area contributed by atoms with Gasteiger partial charge in [0.05, 0.1) is 16.5 Å². The van der Waals surface area contributed by atoms with Crippen molar-refractivity contribution in [3.63, 3.8) is 0 Å². The highest BCUT2D eigenvalue weighted by molar-refractivity contribution is 7.88. The number of nitrogens with zero attached hydrogens (tertiary/aromatic N) is 2. The minimum Gasteiger partial charge on any atom is -0.305 e. The average Bonchev–Trinajstić information content (AvgIpc) is 2.88. The van der Waals surface area contributed by atoms with Gasteiger partial charge in [0.15, 0.2) is 0 Å². The van der Waals surface area contributed by atoms with Gasteiger partial charge >= 0.3 is 0 Å². The van der Waals surface area contributed by atoms with Crippen LogP contribution in [-0.2, 0) is 22.2 Å². The largest absolute Gasteiger partial charge is 0.305 e. The zero-order valence-electron chi connectivity index (χ0n) is 13.2. The van der Waals surface area contributed by atoms with Crippen LogP contribution < -0.4 is 4.72 Å². The Morgan fingerprint density at radius 3 is 2.83 bits per heavy atom. The molecule has 0 amide bonds. The molecule has 1 N–H and O–H groups in total. The second-order valence-corrected chi connectivity index (χ2v) is 7.98. The highest BCUT2D eigenvalue weighted by Gasteiger charge is 2.11. The van der Waals surface area contributed by atoms with Crippen molar-refractivity contribution in [2.45, 2.75) is 19.1 Å². The van der Waals surface area contributed by atoms with Crippen molar-refractivity contribution in [2.75, 3.05) is 6.54 Å². The SMILES string of the molecule is Cc1cccc(CS(=O)(=O)NCCc2cn3cc(Cl)ccc3n2)c1. The number of rotatable bonds is 6. The zero-order valence-corrected chi connectivity index (χ0v) is 14.8. The molecule has 0 fully saturated rings. The topological polar surface area (TPSA) is 63.5 Å². The molecule has 7 heteroatoms. The summed E-state index contributed by atoms with van der Waals surface area (Å²) in [5.74, 6) is -0.0184. The van der Waals surface area contributed by atoms with Gasteiger partial charge in [-0.15, -0.1) is 0 Å². The molecule has 0 aliphatic carbocycles. The van der Waals surface area contributed by atoms with E-state index in [4.69, 9.17) is 11.6 Å². The molecule has 1 aromatic carbocycles. The Labute approximate surface area is 146 Å². The highest BCUT2D eigenvalue weighted by atomic mass is 35.5. The Kier molecular flexibility index (Phi) is 4.89. The average molecular weight is 364 g/mol. The third-order valence-electron chi connectivity index (χ3n) is 3.61. The number of benzene rings is 1. The van der Waals surface area contributed by atoms with Crippen LogP contribution >= 0.6 is 11.6 Å². The summed E-state index contributed by atoms with van der Waals surface area (Å²) in [7, 11) is -3.36. The molecule has 0 spiro atoms. The van der Waals surface area contributed by atoms with Crippen molar-refractivity contribution in [2.24, 2.45) is 0 Å². The third kappa shape index (κ3) is 4.35. The molecule has 0 bridgehead atoms. The Morgan fingerprint density at radius 2 is 2.04 bits per heavy atom. The molecule has 0 saturated heterocycles. The Balaban J connectivity index is 1.60. The number of nitrogens with one attached hydrogen (secondary N) is 1. The zero-order chi connectivity index (χ0) is 17.2. The molecule has 0 aliphatic rings. The smallest absolute Gasteiger partial charge is 0.215 e. The lowest BCUT2D eigenvalue weighted by Gasteiger charge is -2.06. The van der Waals surface area contributed by atoms with Crippen LogP contribution in [0.3, 0.4) is 0 Å². The number of aryl methyl sites for hydroxylation is 1. The number of imidazole rings is 1. The molecular formula is C17H18ClN3O2S. The number of aromatic nitrogens is 2. The van der Waals surface area contributed by atoms with Crippen LogP contribution in [0, 0.1) is 6.92 Å². The van der Waals surface area contributed by atoms with Crippen LogP contribution in [0.15, 0.2) is 48.8 Å². The first-order chi connectivity index (χ1) is 11.4. The molecule has 2 aromatic heterocycles. The van der Waals surface area contributed by atoms with Gasteiger partial charge in [0.25, 0.3) is 0 Å². The van der Waals surface area contributed by atoms with Crippen molar-refractivity contribution in [3.05, 3.63) is 70.6 Å². The quantitative estimate of drug-likeness (QED) is 0.732. The van der Waals surface area contributed by atoms with E-state index in [1.54, 1.807) is 12.3 Å². The Morgan fingerprint density at radius 1 is 1.21 bits per heavy atom. The molecule has 0 aliphatic heterocycles. The summed E-state index contributed by atoms with van der Waals surface area (Å²) in [4.78, 5) is 4.44. The fraction of sp³-hybridized carbons (Fsp3) is 0.235. The van der Waals surface area contributed by atoms with E-state index in [0.29, 0.717) is 18.0 Å². The number of halogens is 1. The lowest BCUT2D eigenvalue weighted by molar-refractivity contribution is 0.580. The summed E-state index contributed by atoms with van der Waals surface area (Å²) in [5, 5.41) is 0.630. The molecular weight excluding hydrogens is 346 g/mol. The molecule has 3 aromatic rings. The first-order valence-corrected chi connectivity index (χ1v) is 9.60. The van der Waals surface area contributed by atoms with Crippen LogP contribution in [0.25, 0.3) is 5.65 Å². The maximum absolute atomic E-state index is 12.2. The highest BCUT2D eigenvalue weighted by Crippen LogP contribution is 2.12. The maximum atomic E-state index is 12.2. The molecule has 0 saturated carbocycles. The van der Waals surface area contributed by atoms with Crippen LogP contribution in [0.1, 0.15) is 16.8 Å². The number of fused-ring (bicyclic) bond motifs is 1. The minimum absolute atomic E-state index is 0.0184. The number of pyridine rings is 1. The van der Waals surface area contributed by atoms with Gasteiger partial charge < -0.3 is 4.40 Å². The molecule has 2 heterocycles. The maximum Gasteiger partial charge on any atom is 0.215 e. The minimum atomic E-state index is -3.36. The molecule has 126 valence electrons. The third-order valence-corrected chi connectivity index (χ3v) is 5.19. The summed E-state index contributed by atoms with van der Waals surface area (Å²) >= 11 is 5.94. The fourth-order valence-corrected chi connectivity index (χ4v) is 3.85. The van der Waals surface area contributed by atoms with E-state index in [0.717, 1.165) is 22.5 Å². The molecule has 24 heavy (non-hydrogen) atoms. The van der Waals surface area contributed by atoms with Crippen molar-refractivity contribution < 1.29 is 8.42 Å². The molecule has 0 atom stereocenters. The van der Waals surface area contributed by atoms with E-state index in [1.165, 1.54) is 0 Å². The molecule has 3 rings (SSSR count). The fourth-order valence-electron chi connectivity index (χ4n) is 2.54. The Hall–Kier alpha value is -1.89. The number of hydrogen-bond acceptors (Lipinski definition) is 3. The van der Waals surface area contributed by atoms with Gasteiger partial charge in [0.2, 0.25) is 10.0 Å². The van der Waals surface area contributed by atoms with E-state index in [2.05, 4.69) is 9.71 Å². The van der Waals surface area contributed by atoms with Gasteiger partial charge in [-0.3, -0.25) is 0 Å². The standard InChI is InChI=1S/C17H18ClN3O2S/c1-13-3-2-4-14(9-13)12-24(22,23)19-8-7-16-11-21-10-15(18)5-6-17(21)20-16/h2-6,9-11,19H,7-8,12H2,1H3. The van der Waals surface area contributed by atoms with Gasteiger partial charge in [-0.05, 0) is 24.6 Å². The predicted octanol–water partition coefficient (Wildman–Crippen LogP) is 2.96. The van der Waals surface area contributed by atoms with Crippen LogP contribution in [0.5, 0.6) is 0 Å². The summed E-state index contributed by atoms with van der Waals surface area (Å²) in [6, 6.07) is 11.1. The normalized spacial score (nSPS) is 11.9. The summed E-state index contributed by atoms with van der Waals surface area (Å²) in [5.41, 5.74) is 3.43. The van der Waals surface area contributed by atoms with Crippen molar-refractivity contribution in [3.8, 4) is 0 Å². The van der Waals surface area contributed by atoms with E-state index >= 15 is 0 Å². The first-order valence-electron chi connectivity index (χ1n) is 7.57. The first kappa shape index (κ1) is 17.0. The van der Waals surface area contributed by atoms with Gasteiger partial charge in [0.1, 0.15) is 5.65 Å². The lowest BCUT2D eigenvalue weighted by Crippen LogP contribution is -2.27. The summed E-state index contributed by atoms with van der Waals surface area (Å²) in [6.45, 7) is 2.25. The second-order valence-electron chi connectivity index (χ2n) is 5.74. The number of hydrogen-bond donors (Lipinski definition) is 1. The van der Waals surface area contributed by atoms with Crippen molar-refractivity contribution in [1.82, 2.24) is 14.1 Å². The van der Waals surface area contributed by atoms with E-state index in [1.807, 2.05) is 47.9 Å². The second kappa shape index (κ2) is 6.93. The van der Waals surface area contributed by atoms with E-state index < -0.39 is 10.0 Å². The molecule has 0 unspecified atom stereocenters. The molecule has 0 radical (unpaired) electrons. The van der Waals surface area contributed by atoms with Crippen molar-refractivity contribution >= 4 is 27.3 Å². The van der Waals surface area contributed by atoms with Gasteiger partial charge in [-0.25, -0.2) is 18.1 Å². The lowest BCUT2D eigenvalue weighted by atomic mass is 10.2. The van der Waals surface area contributed by atoms with Crippen LogP contribution in [0.2, 0.25) is 5.02 Å². The molecule has 5 nitrogen and oxygen atoms in total. The van der Waals surface area contributed by atoms with Crippen LogP contribution in [-0.4, -0.2) is 24.3 Å². The van der Waals surface area contributed by atoms with E-state index in [9.17, 15) is 8.42 Å². The Bertz CT molecular complexity index is 967. The van der Waals surface area contributed by atoms with Crippen LogP contribution in [0.4, 0.5) is 0 Å². The summed E-state index contributed by atoms with van der Waals surface area (Å²) in [6.07, 6.45) is 4.15. The predicted molar refractivity (Wildman–Crippen MR) is 95.7 cm³/mol. The van der Waals surface area contributed by atoms with Crippen molar-refractivity contribution in [1.29, 1.82) is 0 Å². The number of sulfonamides is 1. The van der Waals surface area contributed by atoms with Gasteiger partial charge in [-0.1, -0.05) is 41.4 Å². The van der Waals surface area contributed by atoms with E-state index in [-0.39, 0.29) is 5.75 Å².